The van der Waals surface area contributed by atoms with Gasteiger partial charge in [-0.1, -0.05) is 12.1 Å². The lowest BCUT2D eigenvalue weighted by Gasteiger charge is -2.08. The fraction of sp³-hybridized carbons (Fsp3) is 0.273. The first-order valence-corrected chi connectivity index (χ1v) is 4.79. The zero-order valence-corrected chi connectivity index (χ0v) is 9.30. The summed E-state index contributed by atoms with van der Waals surface area (Å²) in [5, 5.41) is 3.67. The van der Waals surface area contributed by atoms with Crippen LogP contribution in [0, 0.1) is 0 Å². The number of rotatable bonds is 2. The summed E-state index contributed by atoms with van der Waals surface area (Å²) in [6.45, 7) is 2.79. The van der Waals surface area contributed by atoms with Gasteiger partial charge in [0.2, 0.25) is 5.91 Å². The second-order valence-corrected chi connectivity index (χ2v) is 3.44. The van der Waals surface area contributed by atoms with Crippen molar-refractivity contribution in [2.24, 2.45) is 5.10 Å². The highest BCUT2D eigenvalue weighted by Crippen LogP contribution is 2.29. The molecule has 1 amide bonds. The molecule has 1 aromatic carbocycles. The maximum atomic E-state index is 12.4. The number of halogens is 3. The van der Waals surface area contributed by atoms with Crippen LogP contribution in [0.5, 0.6) is 0 Å². The first-order valence-electron chi connectivity index (χ1n) is 4.79. The number of hydrogen-bond donors (Lipinski definition) is 1. The van der Waals surface area contributed by atoms with Crippen molar-refractivity contribution in [1.29, 1.82) is 0 Å². The molecule has 17 heavy (non-hydrogen) atoms. The molecule has 1 N–H and O–H groups in total. The van der Waals surface area contributed by atoms with E-state index in [0.717, 1.165) is 12.1 Å². The van der Waals surface area contributed by atoms with Gasteiger partial charge >= 0.3 is 6.18 Å². The van der Waals surface area contributed by atoms with Crippen molar-refractivity contribution in [2.45, 2.75) is 20.0 Å². The minimum absolute atomic E-state index is 0.311. The zero-order valence-electron chi connectivity index (χ0n) is 9.30. The maximum Gasteiger partial charge on any atom is 0.416 e. The number of nitrogens with zero attached hydrogens (tertiary/aromatic N) is 1. The quantitative estimate of drug-likeness (QED) is 0.630. The molecule has 0 bridgehead atoms. The molecule has 3 nitrogen and oxygen atoms in total. The third-order valence-electron chi connectivity index (χ3n) is 1.99. The van der Waals surface area contributed by atoms with Crippen molar-refractivity contribution in [3.63, 3.8) is 0 Å². The van der Waals surface area contributed by atoms with Crippen LogP contribution in [0.4, 0.5) is 13.2 Å². The average Bonchev–Trinajstić information content (AvgIpc) is 2.25. The molecule has 0 aromatic heterocycles. The number of carbonyl (C=O) groups is 1. The molecule has 0 aliphatic rings. The van der Waals surface area contributed by atoms with Crippen molar-refractivity contribution in [3.05, 3.63) is 35.4 Å². The van der Waals surface area contributed by atoms with Gasteiger partial charge in [-0.25, -0.2) is 5.43 Å². The van der Waals surface area contributed by atoms with E-state index in [9.17, 15) is 18.0 Å². The number of hydrazone groups is 1. The van der Waals surface area contributed by atoms with E-state index < -0.39 is 11.7 Å². The summed E-state index contributed by atoms with van der Waals surface area (Å²) in [6, 6.07) is 4.76. The monoisotopic (exact) mass is 244 g/mol. The lowest BCUT2D eigenvalue weighted by Crippen LogP contribution is -2.15. The minimum Gasteiger partial charge on any atom is -0.274 e. The Morgan fingerprint density at radius 3 is 2.47 bits per heavy atom. The van der Waals surface area contributed by atoms with E-state index in [4.69, 9.17) is 0 Å². The molecule has 6 heteroatoms. The molecule has 0 heterocycles. The maximum absolute atomic E-state index is 12.4. The van der Waals surface area contributed by atoms with E-state index in [1.165, 1.54) is 26.0 Å². The van der Waals surface area contributed by atoms with Crippen LogP contribution in [0.1, 0.15) is 25.0 Å². The van der Waals surface area contributed by atoms with E-state index in [0.29, 0.717) is 11.3 Å². The molecule has 0 aliphatic carbocycles. The third kappa shape index (κ3) is 3.90. The van der Waals surface area contributed by atoms with Gasteiger partial charge in [0.25, 0.3) is 0 Å². The van der Waals surface area contributed by atoms with Gasteiger partial charge in [-0.15, -0.1) is 0 Å². The van der Waals surface area contributed by atoms with Crippen molar-refractivity contribution in [2.75, 3.05) is 0 Å². The van der Waals surface area contributed by atoms with E-state index in [-0.39, 0.29) is 5.91 Å². The van der Waals surface area contributed by atoms with Gasteiger partial charge in [0, 0.05) is 6.92 Å². The smallest absolute Gasteiger partial charge is 0.274 e. The number of hydrogen-bond acceptors (Lipinski definition) is 2. The Labute approximate surface area is 96.3 Å². The summed E-state index contributed by atoms with van der Waals surface area (Å²) >= 11 is 0. The van der Waals surface area contributed by atoms with Gasteiger partial charge in [0.05, 0.1) is 11.3 Å². The predicted molar refractivity (Wildman–Crippen MR) is 57.5 cm³/mol. The lowest BCUT2D eigenvalue weighted by atomic mass is 10.1. The van der Waals surface area contributed by atoms with Crippen LogP contribution < -0.4 is 5.43 Å². The molecule has 0 radical (unpaired) electrons. The van der Waals surface area contributed by atoms with Gasteiger partial charge in [-0.2, -0.15) is 18.3 Å². The number of amides is 1. The number of nitrogens with one attached hydrogen (secondary N) is 1. The van der Waals surface area contributed by atoms with E-state index in [1.54, 1.807) is 0 Å². The summed E-state index contributed by atoms with van der Waals surface area (Å²) in [5.41, 5.74) is 2.05. The highest BCUT2D eigenvalue weighted by molar-refractivity contribution is 5.99. The molecule has 0 saturated heterocycles. The van der Waals surface area contributed by atoms with Gasteiger partial charge < -0.3 is 0 Å². The summed E-state index contributed by atoms with van der Waals surface area (Å²) < 4.78 is 37.3. The second-order valence-electron chi connectivity index (χ2n) is 3.44. The Hall–Kier alpha value is -1.85. The Morgan fingerprint density at radius 1 is 1.29 bits per heavy atom. The van der Waals surface area contributed by atoms with E-state index >= 15 is 0 Å². The van der Waals surface area contributed by atoms with E-state index in [1.807, 2.05) is 0 Å². The molecule has 92 valence electrons. The van der Waals surface area contributed by atoms with Crippen molar-refractivity contribution >= 4 is 11.6 Å². The van der Waals surface area contributed by atoms with Crippen LogP contribution in [0.2, 0.25) is 0 Å². The molecule has 1 aromatic rings. The van der Waals surface area contributed by atoms with E-state index in [2.05, 4.69) is 10.5 Å². The van der Waals surface area contributed by atoms with Crippen molar-refractivity contribution < 1.29 is 18.0 Å². The van der Waals surface area contributed by atoms with Crippen LogP contribution in [-0.2, 0) is 11.0 Å². The van der Waals surface area contributed by atoms with Gasteiger partial charge in [0.15, 0.2) is 0 Å². The Morgan fingerprint density at radius 2 is 1.94 bits per heavy atom. The minimum atomic E-state index is -4.38. The first kappa shape index (κ1) is 13.2. The molecule has 0 aliphatic heterocycles. The molecular formula is C11H11F3N2O. The molecule has 0 atom stereocenters. The Balaban J connectivity index is 3.00. The van der Waals surface area contributed by atoms with Crippen LogP contribution in [0.3, 0.4) is 0 Å². The normalized spacial score (nSPS) is 12.4. The fourth-order valence-corrected chi connectivity index (χ4v) is 1.15. The van der Waals surface area contributed by atoms with Crippen molar-refractivity contribution in [3.8, 4) is 0 Å². The van der Waals surface area contributed by atoms with Crippen LogP contribution in [-0.4, -0.2) is 11.6 Å². The number of benzene rings is 1. The third-order valence-corrected chi connectivity index (χ3v) is 1.99. The van der Waals surface area contributed by atoms with Crippen molar-refractivity contribution in [1.82, 2.24) is 5.43 Å². The summed E-state index contributed by atoms with van der Waals surface area (Å²) in [5.74, 6) is -0.378. The SMILES string of the molecule is CC(=O)N/N=C(/C)c1cccc(C(F)(F)F)c1. The molecule has 0 saturated carbocycles. The molecule has 0 spiro atoms. The predicted octanol–water partition coefficient (Wildman–Crippen LogP) is 2.57. The van der Waals surface area contributed by atoms with Crippen LogP contribution >= 0.6 is 0 Å². The first-order chi connectivity index (χ1) is 7.80. The summed E-state index contributed by atoms with van der Waals surface area (Å²) in [6.07, 6.45) is -4.38. The number of carbonyl (C=O) groups excluding carboxylic acids is 1. The largest absolute Gasteiger partial charge is 0.416 e. The van der Waals surface area contributed by atoms with Crippen LogP contribution in [0.25, 0.3) is 0 Å². The Kier molecular flexibility index (Phi) is 3.88. The average molecular weight is 244 g/mol. The van der Waals surface area contributed by atoms with Gasteiger partial charge in [-0.05, 0) is 24.6 Å². The zero-order chi connectivity index (χ0) is 13.1. The second kappa shape index (κ2) is 4.99. The highest BCUT2D eigenvalue weighted by atomic mass is 19.4. The van der Waals surface area contributed by atoms with Gasteiger partial charge in [-0.3, -0.25) is 4.79 Å². The topological polar surface area (TPSA) is 41.5 Å². The Bertz CT molecular complexity index is 452. The molecule has 0 unspecified atom stereocenters. The molecule has 0 fully saturated rings. The highest BCUT2D eigenvalue weighted by Gasteiger charge is 2.30. The number of alkyl halides is 3. The molecule has 1 rings (SSSR count). The van der Waals surface area contributed by atoms with Gasteiger partial charge in [0.1, 0.15) is 0 Å². The fourth-order valence-electron chi connectivity index (χ4n) is 1.15. The molecular weight excluding hydrogens is 233 g/mol. The van der Waals surface area contributed by atoms with Crippen LogP contribution in [0.15, 0.2) is 29.4 Å². The standard InChI is InChI=1S/C11H11F3N2O/c1-7(15-16-8(2)17)9-4-3-5-10(6-9)11(12,13)14/h3-6H,1-2H3,(H,16,17)/b15-7-. The summed E-state index contributed by atoms with van der Waals surface area (Å²) in [7, 11) is 0. The summed E-state index contributed by atoms with van der Waals surface area (Å²) in [4.78, 5) is 10.6. The lowest BCUT2D eigenvalue weighted by molar-refractivity contribution is -0.137.